The molecule has 0 bridgehead atoms. The number of pyridine rings is 1. The molecule has 2 heterocycles. The fourth-order valence-corrected chi connectivity index (χ4v) is 2.18. The van der Waals surface area contributed by atoms with Crippen LogP contribution in [0.5, 0.6) is 0 Å². The van der Waals surface area contributed by atoms with Gasteiger partial charge in [0.15, 0.2) is 0 Å². The minimum absolute atomic E-state index is 0.533. The van der Waals surface area contributed by atoms with Crippen molar-refractivity contribution in [3.63, 3.8) is 0 Å². The van der Waals surface area contributed by atoms with Crippen LogP contribution in [0.1, 0.15) is 31.2 Å². The van der Waals surface area contributed by atoms with E-state index in [0.29, 0.717) is 6.54 Å². The second kappa shape index (κ2) is 5.41. The van der Waals surface area contributed by atoms with Gasteiger partial charge in [-0.2, -0.15) is 0 Å². The molecule has 1 aromatic rings. The minimum atomic E-state index is 0.533. The lowest BCUT2D eigenvalue weighted by Crippen LogP contribution is -2.32. The van der Waals surface area contributed by atoms with E-state index in [0.717, 1.165) is 23.9 Å². The Morgan fingerprint density at radius 2 is 2.00 bits per heavy atom. The van der Waals surface area contributed by atoms with Gasteiger partial charge in [-0.15, -0.1) is 0 Å². The molecule has 1 aliphatic rings. The molecule has 16 heavy (non-hydrogen) atoms. The summed E-state index contributed by atoms with van der Waals surface area (Å²) >= 11 is 0. The Bertz CT molecular complexity index is 330. The molecule has 0 aromatic carbocycles. The Morgan fingerprint density at radius 3 is 2.69 bits per heavy atom. The molecule has 0 amide bonds. The first-order chi connectivity index (χ1) is 7.78. The normalized spacial score (nSPS) is 18.9. The highest BCUT2D eigenvalue weighted by Crippen LogP contribution is 2.17. The van der Waals surface area contributed by atoms with Crippen molar-refractivity contribution in [3.05, 3.63) is 29.6 Å². The van der Waals surface area contributed by atoms with E-state index in [2.05, 4.69) is 28.9 Å². The number of likely N-dealkylation sites (tertiary alicyclic amines) is 1. The van der Waals surface area contributed by atoms with Crippen LogP contribution in [0.3, 0.4) is 0 Å². The van der Waals surface area contributed by atoms with E-state index in [1.54, 1.807) is 0 Å². The molecule has 1 saturated heterocycles. The van der Waals surface area contributed by atoms with Gasteiger partial charge in [0, 0.05) is 13.1 Å². The number of aromatic nitrogens is 1. The molecular formula is C13H21N3. The Morgan fingerprint density at radius 1 is 1.31 bits per heavy atom. The van der Waals surface area contributed by atoms with Gasteiger partial charge in [-0.3, -0.25) is 9.88 Å². The number of piperidine rings is 1. The van der Waals surface area contributed by atoms with Crippen molar-refractivity contribution in [2.45, 2.75) is 32.9 Å². The minimum Gasteiger partial charge on any atom is -0.325 e. The van der Waals surface area contributed by atoms with Crippen LogP contribution in [-0.2, 0) is 13.1 Å². The van der Waals surface area contributed by atoms with Crippen molar-refractivity contribution >= 4 is 0 Å². The van der Waals surface area contributed by atoms with Gasteiger partial charge < -0.3 is 5.73 Å². The second-order valence-corrected chi connectivity index (χ2v) is 4.78. The Hall–Kier alpha value is -0.930. The van der Waals surface area contributed by atoms with Crippen LogP contribution < -0.4 is 5.73 Å². The molecule has 2 rings (SSSR count). The van der Waals surface area contributed by atoms with Gasteiger partial charge in [-0.05, 0) is 44.0 Å². The van der Waals surface area contributed by atoms with Crippen LogP contribution in [0, 0.1) is 5.92 Å². The first-order valence-corrected chi connectivity index (χ1v) is 6.15. The second-order valence-electron chi connectivity index (χ2n) is 4.78. The number of nitrogens with zero attached hydrogens (tertiary/aromatic N) is 2. The average Bonchev–Trinajstić information content (AvgIpc) is 2.32. The van der Waals surface area contributed by atoms with Crippen molar-refractivity contribution in [1.82, 2.24) is 9.88 Å². The van der Waals surface area contributed by atoms with Gasteiger partial charge in [0.05, 0.1) is 11.4 Å². The molecule has 3 heteroatoms. The van der Waals surface area contributed by atoms with Crippen LogP contribution in [0.2, 0.25) is 0 Å². The first kappa shape index (κ1) is 11.6. The molecule has 3 nitrogen and oxygen atoms in total. The van der Waals surface area contributed by atoms with Crippen LogP contribution >= 0.6 is 0 Å². The highest BCUT2D eigenvalue weighted by Gasteiger charge is 2.15. The zero-order chi connectivity index (χ0) is 11.4. The Labute approximate surface area is 97.7 Å². The molecule has 0 saturated carbocycles. The molecule has 1 aromatic heterocycles. The number of hydrogen-bond acceptors (Lipinski definition) is 3. The highest BCUT2D eigenvalue weighted by atomic mass is 15.1. The number of hydrogen-bond donors (Lipinski definition) is 1. The van der Waals surface area contributed by atoms with E-state index in [4.69, 9.17) is 5.73 Å². The van der Waals surface area contributed by atoms with Gasteiger partial charge in [0.25, 0.3) is 0 Å². The van der Waals surface area contributed by atoms with Crippen LogP contribution in [0.4, 0.5) is 0 Å². The quantitative estimate of drug-likeness (QED) is 0.842. The maximum Gasteiger partial charge on any atom is 0.0547 e. The van der Waals surface area contributed by atoms with Crippen LogP contribution in [0.15, 0.2) is 18.2 Å². The molecule has 2 N–H and O–H groups in total. The smallest absolute Gasteiger partial charge is 0.0547 e. The lowest BCUT2D eigenvalue weighted by molar-refractivity contribution is 0.183. The summed E-state index contributed by atoms with van der Waals surface area (Å²) in [6.45, 7) is 6.25. The molecule has 1 fully saturated rings. The van der Waals surface area contributed by atoms with Crippen molar-refractivity contribution in [1.29, 1.82) is 0 Å². The number of rotatable bonds is 3. The van der Waals surface area contributed by atoms with Crippen molar-refractivity contribution in [2.75, 3.05) is 13.1 Å². The summed E-state index contributed by atoms with van der Waals surface area (Å²) in [4.78, 5) is 7.03. The summed E-state index contributed by atoms with van der Waals surface area (Å²) in [5, 5.41) is 0. The third-order valence-corrected chi connectivity index (χ3v) is 3.34. The van der Waals surface area contributed by atoms with Gasteiger partial charge >= 0.3 is 0 Å². The third-order valence-electron chi connectivity index (χ3n) is 3.34. The monoisotopic (exact) mass is 219 g/mol. The molecule has 0 aliphatic carbocycles. The summed E-state index contributed by atoms with van der Waals surface area (Å²) in [7, 11) is 0. The SMILES string of the molecule is CC1CCN(Cc2cccc(CN)n2)CC1. The maximum atomic E-state index is 5.59. The van der Waals surface area contributed by atoms with E-state index in [1.807, 2.05) is 6.07 Å². The van der Waals surface area contributed by atoms with Crippen LogP contribution in [-0.4, -0.2) is 23.0 Å². The lowest BCUT2D eigenvalue weighted by atomic mass is 9.99. The van der Waals surface area contributed by atoms with Gasteiger partial charge in [-0.1, -0.05) is 13.0 Å². The van der Waals surface area contributed by atoms with E-state index in [-0.39, 0.29) is 0 Å². The summed E-state index contributed by atoms with van der Waals surface area (Å²) < 4.78 is 0. The maximum absolute atomic E-state index is 5.59. The van der Waals surface area contributed by atoms with Crippen LogP contribution in [0.25, 0.3) is 0 Å². The van der Waals surface area contributed by atoms with E-state index in [1.165, 1.54) is 25.9 Å². The largest absolute Gasteiger partial charge is 0.325 e. The average molecular weight is 219 g/mol. The number of nitrogens with two attached hydrogens (primary N) is 1. The molecule has 0 atom stereocenters. The topological polar surface area (TPSA) is 42.1 Å². The fraction of sp³-hybridized carbons (Fsp3) is 0.615. The molecule has 88 valence electrons. The van der Waals surface area contributed by atoms with Crippen molar-refractivity contribution in [2.24, 2.45) is 11.7 Å². The third kappa shape index (κ3) is 3.03. The Balaban J connectivity index is 1.93. The Kier molecular flexibility index (Phi) is 3.91. The zero-order valence-electron chi connectivity index (χ0n) is 10.0. The highest BCUT2D eigenvalue weighted by molar-refractivity contribution is 5.11. The summed E-state index contributed by atoms with van der Waals surface area (Å²) in [5.41, 5.74) is 7.73. The fourth-order valence-electron chi connectivity index (χ4n) is 2.18. The van der Waals surface area contributed by atoms with Crippen molar-refractivity contribution in [3.8, 4) is 0 Å². The molecule has 1 aliphatic heterocycles. The van der Waals surface area contributed by atoms with E-state index >= 15 is 0 Å². The summed E-state index contributed by atoms with van der Waals surface area (Å²) in [5.74, 6) is 0.889. The first-order valence-electron chi connectivity index (χ1n) is 6.15. The molecule has 0 unspecified atom stereocenters. The molecule has 0 radical (unpaired) electrons. The van der Waals surface area contributed by atoms with Gasteiger partial charge in [0.1, 0.15) is 0 Å². The van der Waals surface area contributed by atoms with Crippen molar-refractivity contribution < 1.29 is 0 Å². The summed E-state index contributed by atoms with van der Waals surface area (Å²) in [6, 6.07) is 6.13. The van der Waals surface area contributed by atoms with E-state index in [9.17, 15) is 0 Å². The zero-order valence-corrected chi connectivity index (χ0v) is 10.0. The van der Waals surface area contributed by atoms with Gasteiger partial charge in [-0.25, -0.2) is 0 Å². The predicted molar refractivity (Wildman–Crippen MR) is 65.8 cm³/mol. The standard InChI is InChI=1S/C13H21N3/c1-11-5-7-16(8-6-11)10-13-4-2-3-12(9-14)15-13/h2-4,11H,5-10,14H2,1H3. The lowest BCUT2D eigenvalue weighted by Gasteiger charge is -2.29. The van der Waals surface area contributed by atoms with Gasteiger partial charge in [0.2, 0.25) is 0 Å². The molecule has 0 spiro atoms. The van der Waals surface area contributed by atoms with E-state index < -0.39 is 0 Å². The molecular weight excluding hydrogens is 198 g/mol. The summed E-state index contributed by atoms with van der Waals surface area (Å²) in [6.07, 6.45) is 2.63. The predicted octanol–water partition coefficient (Wildman–Crippen LogP) is 1.77.